The van der Waals surface area contributed by atoms with Crippen molar-refractivity contribution in [2.24, 2.45) is 0 Å². The topological polar surface area (TPSA) is 52.9 Å². The third kappa shape index (κ3) is 4.87. The molecule has 0 unspecified atom stereocenters. The predicted molar refractivity (Wildman–Crippen MR) is 233 cm³/mol. The third-order valence-corrected chi connectivity index (χ3v) is 11.3. The molecule has 4 heterocycles. The lowest BCUT2D eigenvalue weighted by atomic mass is 10.0. The van der Waals surface area contributed by atoms with Crippen molar-refractivity contribution in [2.75, 3.05) is 0 Å². The average Bonchev–Trinajstić information content (AvgIpc) is 3.93. The van der Waals surface area contributed by atoms with Crippen LogP contribution in [-0.4, -0.2) is 28.5 Å². The van der Waals surface area contributed by atoms with Gasteiger partial charge in [0.1, 0.15) is 0 Å². The van der Waals surface area contributed by atoms with Gasteiger partial charge in [-0.3, -0.25) is 8.97 Å². The lowest BCUT2D eigenvalue weighted by molar-refractivity contribution is 1.11. The lowest BCUT2D eigenvalue weighted by Crippen LogP contribution is -1.97. The van der Waals surface area contributed by atoms with Crippen molar-refractivity contribution >= 4 is 60.6 Å². The summed E-state index contributed by atoms with van der Waals surface area (Å²) in [6.45, 7) is 0. The van der Waals surface area contributed by atoms with Gasteiger partial charge in [-0.2, -0.15) is 0 Å². The molecule has 0 atom stereocenters. The molecule has 0 bridgehead atoms. The summed E-state index contributed by atoms with van der Waals surface area (Å²) in [6, 6.07) is 68.4. The van der Waals surface area contributed by atoms with Gasteiger partial charge in [0.25, 0.3) is 0 Å². The molecule has 0 spiro atoms. The Morgan fingerprint density at radius 3 is 1.72 bits per heavy atom. The number of nitrogens with zero attached hydrogens (tertiary/aromatic N) is 6. The first-order valence-corrected chi connectivity index (χ1v) is 19.2. The highest BCUT2D eigenvalue weighted by Gasteiger charge is 2.19. The molecule has 0 N–H and O–H groups in total. The molecule has 4 aromatic heterocycles. The number of para-hydroxylation sites is 5. The number of imidazole rings is 2. The minimum atomic E-state index is 0.711. The Hall–Kier alpha value is -7.83. The zero-order chi connectivity index (χ0) is 37.5. The Morgan fingerprint density at radius 1 is 0.316 bits per heavy atom. The van der Waals surface area contributed by atoms with Gasteiger partial charge in [0, 0.05) is 38.7 Å². The number of aromatic nitrogens is 6. The van der Waals surface area contributed by atoms with Crippen LogP contribution in [0, 0.1) is 0 Å². The van der Waals surface area contributed by atoms with Crippen molar-refractivity contribution in [1.82, 2.24) is 28.5 Å². The molecule has 12 aromatic rings. The Bertz CT molecular complexity index is 3500. The van der Waals surface area contributed by atoms with Gasteiger partial charge in [-0.15, -0.1) is 0 Å². The van der Waals surface area contributed by atoms with Gasteiger partial charge in [-0.1, -0.05) is 109 Å². The molecule has 0 saturated heterocycles. The predicted octanol–water partition coefficient (Wildman–Crippen LogP) is 12.5. The number of hydrogen-bond donors (Lipinski definition) is 0. The molecule has 6 nitrogen and oxygen atoms in total. The fourth-order valence-corrected chi connectivity index (χ4v) is 8.62. The first kappa shape index (κ1) is 31.5. The van der Waals surface area contributed by atoms with Crippen LogP contribution in [0.5, 0.6) is 0 Å². The van der Waals surface area contributed by atoms with Crippen molar-refractivity contribution in [3.8, 4) is 45.1 Å². The van der Waals surface area contributed by atoms with Crippen LogP contribution in [0.4, 0.5) is 0 Å². The van der Waals surface area contributed by atoms with Crippen LogP contribution in [-0.2, 0) is 0 Å². The van der Waals surface area contributed by atoms with E-state index >= 15 is 0 Å². The fraction of sp³-hybridized carbons (Fsp3) is 0. The van der Waals surface area contributed by atoms with E-state index in [0.717, 1.165) is 89.1 Å². The van der Waals surface area contributed by atoms with Gasteiger partial charge in [-0.25, -0.2) is 15.0 Å². The van der Waals surface area contributed by atoms with Crippen molar-refractivity contribution < 1.29 is 0 Å². The summed E-state index contributed by atoms with van der Waals surface area (Å²) in [5, 5.41) is 3.46. The molecular formula is C51H32N6. The number of fused-ring (bicyclic) bond motifs is 9. The van der Waals surface area contributed by atoms with E-state index in [9.17, 15) is 0 Å². The second-order valence-corrected chi connectivity index (χ2v) is 14.5. The van der Waals surface area contributed by atoms with Gasteiger partial charge in [0.05, 0.1) is 44.3 Å². The van der Waals surface area contributed by atoms with Crippen molar-refractivity contribution in [2.45, 2.75) is 0 Å². The first-order valence-electron chi connectivity index (χ1n) is 19.2. The smallest absolute Gasteiger partial charge is 0.220 e. The Kier molecular flexibility index (Phi) is 6.83. The highest BCUT2D eigenvalue weighted by Crippen LogP contribution is 2.38. The Balaban J connectivity index is 0.982. The molecule has 266 valence electrons. The van der Waals surface area contributed by atoms with E-state index < -0.39 is 0 Å². The first-order chi connectivity index (χ1) is 28.3. The van der Waals surface area contributed by atoms with E-state index in [-0.39, 0.29) is 0 Å². The monoisotopic (exact) mass is 728 g/mol. The molecule has 0 saturated carbocycles. The molecule has 0 aliphatic heterocycles. The van der Waals surface area contributed by atoms with Crippen LogP contribution in [0.15, 0.2) is 194 Å². The van der Waals surface area contributed by atoms with Crippen LogP contribution in [0.3, 0.4) is 0 Å². The second kappa shape index (κ2) is 12.3. The molecule has 57 heavy (non-hydrogen) atoms. The van der Waals surface area contributed by atoms with Crippen LogP contribution in [0.25, 0.3) is 106 Å². The summed E-state index contributed by atoms with van der Waals surface area (Å²) in [5.74, 6) is 1.62. The minimum absolute atomic E-state index is 0.711. The number of rotatable bonds is 5. The summed E-state index contributed by atoms with van der Waals surface area (Å²) < 4.78 is 6.91. The number of benzene rings is 8. The standard InChI is InChI=1S/C51H32N6/c1-3-13-33(14-4-1)49-40-18-7-9-19-42(40)52-50(54-49)34-23-27-38(28-24-34)55-44-21-11-8-17-39(44)41-31-35(25-29-45(41)55)36-26-30-47-48(32-36)57-46-22-12-10-20-43(46)53-51(57)56(47)37-15-5-2-6-16-37/h1-32H. The Labute approximate surface area is 327 Å². The van der Waals surface area contributed by atoms with E-state index in [1.807, 2.05) is 18.2 Å². The van der Waals surface area contributed by atoms with Gasteiger partial charge >= 0.3 is 0 Å². The Morgan fingerprint density at radius 2 is 0.912 bits per heavy atom. The van der Waals surface area contributed by atoms with E-state index in [0.29, 0.717) is 5.82 Å². The van der Waals surface area contributed by atoms with E-state index in [1.165, 1.54) is 10.8 Å². The van der Waals surface area contributed by atoms with Crippen molar-refractivity contribution in [3.63, 3.8) is 0 Å². The average molecular weight is 729 g/mol. The highest BCUT2D eigenvalue weighted by atomic mass is 15.2. The molecule has 0 aliphatic rings. The molecule has 0 radical (unpaired) electrons. The van der Waals surface area contributed by atoms with Crippen LogP contribution >= 0.6 is 0 Å². The summed E-state index contributed by atoms with van der Waals surface area (Å²) in [7, 11) is 0. The normalized spacial score (nSPS) is 11.9. The maximum atomic E-state index is 5.11. The van der Waals surface area contributed by atoms with Gasteiger partial charge in [-0.05, 0) is 96.1 Å². The van der Waals surface area contributed by atoms with Gasteiger partial charge in [0.15, 0.2) is 5.82 Å². The molecule has 0 amide bonds. The molecular weight excluding hydrogens is 697 g/mol. The van der Waals surface area contributed by atoms with Gasteiger partial charge in [0.2, 0.25) is 5.78 Å². The molecule has 0 fully saturated rings. The molecule has 12 rings (SSSR count). The van der Waals surface area contributed by atoms with E-state index in [2.05, 4.69) is 189 Å². The third-order valence-electron chi connectivity index (χ3n) is 11.3. The fourth-order valence-electron chi connectivity index (χ4n) is 8.62. The summed E-state index contributed by atoms with van der Waals surface area (Å²) in [6.07, 6.45) is 0. The lowest BCUT2D eigenvalue weighted by Gasteiger charge is -2.11. The zero-order valence-electron chi connectivity index (χ0n) is 30.7. The molecule has 8 aromatic carbocycles. The minimum Gasteiger partial charge on any atom is -0.309 e. The van der Waals surface area contributed by atoms with Crippen LogP contribution in [0.1, 0.15) is 0 Å². The SMILES string of the molecule is c1ccc(-c2nc(-c3ccc(-n4c5ccccc5c5cc(-c6ccc7c(c6)n6c8ccccc8nc6n7-c6ccccc6)ccc54)cc3)nc3ccccc23)cc1. The summed E-state index contributed by atoms with van der Waals surface area (Å²) in [5.41, 5.74) is 15.0. The summed E-state index contributed by atoms with van der Waals surface area (Å²) in [4.78, 5) is 15.2. The van der Waals surface area contributed by atoms with Crippen LogP contribution < -0.4 is 0 Å². The maximum Gasteiger partial charge on any atom is 0.220 e. The zero-order valence-corrected chi connectivity index (χ0v) is 30.7. The van der Waals surface area contributed by atoms with E-state index in [4.69, 9.17) is 15.0 Å². The largest absolute Gasteiger partial charge is 0.309 e. The molecule has 0 aliphatic carbocycles. The second-order valence-electron chi connectivity index (χ2n) is 14.5. The van der Waals surface area contributed by atoms with E-state index in [1.54, 1.807) is 0 Å². The van der Waals surface area contributed by atoms with Crippen molar-refractivity contribution in [3.05, 3.63) is 194 Å². The van der Waals surface area contributed by atoms with Gasteiger partial charge < -0.3 is 4.57 Å². The highest BCUT2D eigenvalue weighted by molar-refractivity contribution is 6.10. The quantitative estimate of drug-likeness (QED) is 0.177. The molecule has 6 heteroatoms. The van der Waals surface area contributed by atoms with Crippen molar-refractivity contribution in [1.29, 1.82) is 0 Å². The maximum absolute atomic E-state index is 5.11. The summed E-state index contributed by atoms with van der Waals surface area (Å²) >= 11 is 0. The van der Waals surface area contributed by atoms with Crippen LogP contribution in [0.2, 0.25) is 0 Å². The number of hydrogen-bond acceptors (Lipinski definition) is 3.